The molecule has 0 saturated heterocycles. The average molecular weight is 425 g/mol. The van der Waals surface area contributed by atoms with Crippen LogP contribution >= 0.6 is 0 Å². The minimum absolute atomic E-state index is 0.0987. The van der Waals surface area contributed by atoms with E-state index in [1.54, 1.807) is 66.5 Å². The fourth-order valence-electron chi connectivity index (χ4n) is 3.61. The third-order valence-corrected chi connectivity index (χ3v) is 5.27. The summed E-state index contributed by atoms with van der Waals surface area (Å²) in [5.74, 6) is 0.925. The fourth-order valence-corrected chi connectivity index (χ4v) is 3.61. The largest absolute Gasteiger partial charge is 0.497 e. The minimum Gasteiger partial charge on any atom is -0.497 e. The molecule has 0 saturated carbocycles. The van der Waals surface area contributed by atoms with Gasteiger partial charge in [-0.05, 0) is 42.5 Å². The summed E-state index contributed by atoms with van der Waals surface area (Å²) in [4.78, 5) is 34.0. The quantitative estimate of drug-likeness (QED) is 0.494. The van der Waals surface area contributed by atoms with Crippen LogP contribution in [0.5, 0.6) is 5.75 Å². The number of ketones is 1. The molecule has 0 spiro atoms. The summed E-state index contributed by atoms with van der Waals surface area (Å²) in [6, 6.07) is 17.7. The van der Waals surface area contributed by atoms with Gasteiger partial charge >= 0.3 is 0 Å². The van der Waals surface area contributed by atoms with Crippen LogP contribution in [0.1, 0.15) is 26.4 Å². The van der Waals surface area contributed by atoms with Crippen molar-refractivity contribution in [3.8, 4) is 28.5 Å². The zero-order chi connectivity index (χ0) is 22.1. The first-order valence-corrected chi connectivity index (χ1v) is 10.1. The number of hydrogen-bond donors (Lipinski definition) is 1. The molecule has 3 heterocycles. The number of ether oxygens (including phenoxy) is 1. The molecule has 5 rings (SSSR count). The van der Waals surface area contributed by atoms with Crippen LogP contribution in [-0.4, -0.2) is 45.1 Å². The summed E-state index contributed by atoms with van der Waals surface area (Å²) in [5.41, 5.74) is 3.55. The van der Waals surface area contributed by atoms with Crippen molar-refractivity contribution >= 4 is 11.7 Å². The molecule has 0 unspecified atom stereocenters. The molecule has 0 atom stereocenters. The van der Waals surface area contributed by atoms with Crippen LogP contribution in [0.3, 0.4) is 0 Å². The number of carbonyl (C=O) groups is 2. The number of methoxy groups -OCH3 is 1. The topological polar surface area (TPSA) is 99.0 Å². The van der Waals surface area contributed by atoms with Gasteiger partial charge in [0.2, 0.25) is 0 Å². The Morgan fingerprint density at radius 2 is 1.88 bits per heavy atom. The van der Waals surface area contributed by atoms with E-state index in [1.165, 1.54) is 0 Å². The van der Waals surface area contributed by atoms with Gasteiger partial charge in [-0.15, -0.1) is 0 Å². The molecule has 1 aliphatic rings. The first kappa shape index (κ1) is 19.6. The van der Waals surface area contributed by atoms with Crippen LogP contribution in [0.4, 0.5) is 0 Å². The number of benzene rings is 2. The Morgan fingerprint density at radius 1 is 1.03 bits per heavy atom. The predicted molar refractivity (Wildman–Crippen MR) is 117 cm³/mol. The monoisotopic (exact) mass is 425 g/mol. The van der Waals surface area contributed by atoms with Gasteiger partial charge in [0, 0.05) is 29.4 Å². The number of rotatable bonds is 5. The Kier molecular flexibility index (Phi) is 4.95. The van der Waals surface area contributed by atoms with E-state index in [9.17, 15) is 9.59 Å². The molecule has 8 heteroatoms. The van der Waals surface area contributed by atoms with Crippen LogP contribution in [-0.2, 0) is 6.54 Å². The molecular formula is C24H19N5O3. The highest BCUT2D eigenvalue weighted by Crippen LogP contribution is 2.23. The molecule has 2 aromatic carbocycles. The number of amides is 1. The Hall–Kier alpha value is -4.33. The van der Waals surface area contributed by atoms with E-state index in [4.69, 9.17) is 4.74 Å². The van der Waals surface area contributed by atoms with Crippen molar-refractivity contribution in [2.24, 2.45) is 0 Å². The summed E-state index contributed by atoms with van der Waals surface area (Å²) < 4.78 is 6.84. The summed E-state index contributed by atoms with van der Waals surface area (Å²) in [6.07, 6.45) is 1.65. The number of aromatic nitrogens is 4. The fraction of sp³-hybridized carbons (Fsp3) is 0.125. The predicted octanol–water partition coefficient (Wildman–Crippen LogP) is 2.99. The molecule has 4 aromatic rings. The van der Waals surface area contributed by atoms with Crippen molar-refractivity contribution in [1.82, 2.24) is 25.1 Å². The third kappa shape index (κ3) is 3.62. The Bertz CT molecular complexity index is 1330. The van der Waals surface area contributed by atoms with Gasteiger partial charge in [-0.3, -0.25) is 14.3 Å². The molecule has 0 bridgehead atoms. The lowest BCUT2D eigenvalue weighted by Crippen LogP contribution is -2.35. The summed E-state index contributed by atoms with van der Waals surface area (Å²) in [6.45, 7) is 1.17. The maximum absolute atomic E-state index is 12.9. The second kappa shape index (κ2) is 8.07. The maximum atomic E-state index is 12.9. The van der Waals surface area contributed by atoms with Crippen LogP contribution in [0.25, 0.3) is 22.8 Å². The molecule has 1 N–H and O–H groups in total. The lowest BCUT2D eigenvalue weighted by Gasteiger charge is -2.13. The van der Waals surface area contributed by atoms with Crippen LogP contribution in [0.15, 0.2) is 66.9 Å². The van der Waals surface area contributed by atoms with Crippen molar-refractivity contribution in [2.45, 2.75) is 6.54 Å². The highest BCUT2D eigenvalue weighted by molar-refractivity contribution is 6.09. The first-order chi connectivity index (χ1) is 15.6. The van der Waals surface area contributed by atoms with Gasteiger partial charge in [-0.25, -0.2) is 9.97 Å². The van der Waals surface area contributed by atoms with Crippen molar-refractivity contribution in [3.63, 3.8) is 0 Å². The molecular weight excluding hydrogens is 406 g/mol. The third-order valence-electron chi connectivity index (χ3n) is 5.27. The molecule has 2 aromatic heterocycles. The number of hydrogen-bond acceptors (Lipinski definition) is 6. The normalized spacial score (nSPS) is 12.7. The molecule has 1 aliphatic heterocycles. The number of nitrogens with one attached hydrogen (secondary N) is 1. The minimum atomic E-state index is -0.144. The highest BCUT2D eigenvalue weighted by atomic mass is 16.5. The first-order valence-electron chi connectivity index (χ1n) is 10.1. The van der Waals surface area contributed by atoms with E-state index in [2.05, 4.69) is 20.4 Å². The van der Waals surface area contributed by atoms with E-state index in [1.807, 2.05) is 12.1 Å². The lowest BCUT2D eigenvalue weighted by molar-refractivity contribution is 0.0924. The second-order valence-corrected chi connectivity index (χ2v) is 7.30. The molecule has 0 radical (unpaired) electrons. The highest BCUT2D eigenvalue weighted by Gasteiger charge is 2.20. The zero-order valence-corrected chi connectivity index (χ0v) is 17.3. The number of carbonyl (C=O) groups excluding carboxylic acids is 2. The molecule has 0 aliphatic carbocycles. The summed E-state index contributed by atoms with van der Waals surface area (Å²) >= 11 is 0. The van der Waals surface area contributed by atoms with E-state index in [-0.39, 0.29) is 11.7 Å². The van der Waals surface area contributed by atoms with Crippen molar-refractivity contribution in [2.75, 3.05) is 13.7 Å². The SMILES string of the molecule is COc1ccc(C(=O)c2cccc(-c3nccc(-c4cc5n(n4)CCNC5=O)n3)c2)cc1. The number of nitrogens with zero attached hydrogens (tertiary/aromatic N) is 4. The molecule has 8 nitrogen and oxygen atoms in total. The van der Waals surface area contributed by atoms with Gasteiger partial charge in [0.05, 0.1) is 19.3 Å². The van der Waals surface area contributed by atoms with Gasteiger partial charge in [-0.2, -0.15) is 5.10 Å². The Balaban J connectivity index is 1.46. The molecule has 158 valence electrons. The lowest BCUT2D eigenvalue weighted by atomic mass is 10.0. The van der Waals surface area contributed by atoms with E-state index in [0.29, 0.717) is 58.4 Å². The van der Waals surface area contributed by atoms with Gasteiger partial charge < -0.3 is 10.1 Å². The van der Waals surface area contributed by atoms with Crippen LogP contribution in [0, 0.1) is 0 Å². The Labute approximate surface area is 183 Å². The molecule has 0 fully saturated rings. The van der Waals surface area contributed by atoms with E-state index >= 15 is 0 Å². The van der Waals surface area contributed by atoms with Gasteiger partial charge in [0.25, 0.3) is 5.91 Å². The van der Waals surface area contributed by atoms with Crippen LogP contribution < -0.4 is 10.1 Å². The van der Waals surface area contributed by atoms with E-state index in [0.717, 1.165) is 0 Å². The molecule has 1 amide bonds. The van der Waals surface area contributed by atoms with Gasteiger partial charge in [0.15, 0.2) is 11.6 Å². The van der Waals surface area contributed by atoms with Crippen molar-refractivity contribution in [3.05, 3.63) is 83.7 Å². The van der Waals surface area contributed by atoms with Crippen molar-refractivity contribution in [1.29, 1.82) is 0 Å². The van der Waals surface area contributed by atoms with Crippen molar-refractivity contribution < 1.29 is 14.3 Å². The standard InChI is InChI=1S/C24H19N5O3/c1-32-18-7-5-15(6-8-18)22(30)16-3-2-4-17(13-16)23-25-10-9-19(27-23)20-14-21-24(31)26-11-12-29(21)28-20/h2-10,13-14H,11-12H2,1H3,(H,26,31). The zero-order valence-electron chi connectivity index (χ0n) is 17.3. The second-order valence-electron chi connectivity index (χ2n) is 7.30. The smallest absolute Gasteiger partial charge is 0.269 e. The van der Waals surface area contributed by atoms with E-state index < -0.39 is 0 Å². The van der Waals surface area contributed by atoms with Crippen LogP contribution in [0.2, 0.25) is 0 Å². The van der Waals surface area contributed by atoms with Gasteiger partial charge in [-0.1, -0.05) is 18.2 Å². The summed E-state index contributed by atoms with van der Waals surface area (Å²) in [7, 11) is 1.59. The molecule has 32 heavy (non-hydrogen) atoms. The van der Waals surface area contributed by atoms with Gasteiger partial charge in [0.1, 0.15) is 17.1 Å². The maximum Gasteiger partial charge on any atom is 0.269 e. The average Bonchev–Trinajstić information content (AvgIpc) is 3.30. The summed E-state index contributed by atoms with van der Waals surface area (Å²) in [5, 5.41) is 7.31. The Morgan fingerprint density at radius 3 is 2.66 bits per heavy atom. The number of fused-ring (bicyclic) bond motifs is 1.